The van der Waals surface area contributed by atoms with E-state index in [4.69, 9.17) is 28.6 Å². The van der Waals surface area contributed by atoms with Crippen molar-refractivity contribution in [3.05, 3.63) is 57.1 Å². The van der Waals surface area contributed by atoms with E-state index in [1.54, 1.807) is 25.2 Å². The molecule has 4 nitrogen and oxygen atoms in total. The molecule has 0 saturated carbocycles. The molecule has 1 N–H and O–H groups in total. The van der Waals surface area contributed by atoms with Gasteiger partial charge < -0.3 is 0 Å². The molecule has 0 aliphatic rings. The number of aromatic nitrogens is 2. The Morgan fingerprint density at radius 2 is 1.94 bits per heavy atom. The van der Waals surface area contributed by atoms with Crippen LogP contribution in [0.4, 0.5) is 0 Å². The second kappa shape index (κ2) is 4.92. The summed E-state index contributed by atoms with van der Waals surface area (Å²) in [6, 6.07) is 4.84. The predicted octanol–water partition coefficient (Wildman–Crippen LogP) is 2.44. The number of carbonyl (C=O) groups is 1. The zero-order chi connectivity index (χ0) is 13.3. The molecule has 0 unspecified atom stereocenters. The van der Waals surface area contributed by atoms with Gasteiger partial charge in [-0.1, -0.05) is 29.3 Å². The molecule has 0 atom stereocenters. The molecule has 0 aliphatic carbocycles. The Labute approximate surface area is 113 Å². The maximum atomic E-state index is 12.3. The molecular weight excluding hydrogens is 273 g/mol. The first-order valence-electron chi connectivity index (χ1n) is 5.07. The van der Waals surface area contributed by atoms with Crippen molar-refractivity contribution < 1.29 is 4.79 Å². The summed E-state index contributed by atoms with van der Waals surface area (Å²) in [4.78, 5) is 12.3. The first-order valence-corrected chi connectivity index (χ1v) is 5.82. The van der Waals surface area contributed by atoms with Gasteiger partial charge in [-0.05, 0) is 12.1 Å². The number of hydrogen-bond acceptors (Lipinski definition) is 3. The fraction of sp³-hybridized carbons (Fsp3) is 0.0833. The lowest BCUT2D eigenvalue weighted by atomic mass is 10.0. The molecule has 0 fully saturated rings. The average molecular weight is 282 g/mol. The van der Waals surface area contributed by atoms with Crippen molar-refractivity contribution in [3.63, 3.8) is 0 Å². The van der Waals surface area contributed by atoms with E-state index in [0.717, 1.165) is 0 Å². The second-order valence-corrected chi connectivity index (χ2v) is 4.51. The number of ketones is 1. The molecule has 6 heteroatoms. The normalized spacial score (nSPS) is 10.4. The SMILES string of the molecule is Cn1cc(C(=O)c2c(Cl)cccc2Cl)c(=N)cn1. The first kappa shape index (κ1) is 12.8. The molecular formula is C12H9Cl2N3O. The van der Waals surface area contributed by atoms with Crippen molar-refractivity contribution in [1.82, 2.24) is 9.78 Å². The van der Waals surface area contributed by atoms with Gasteiger partial charge in [0.2, 0.25) is 0 Å². The third-order valence-electron chi connectivity index (χ3n) is 2.41. The van der Waals surface area contributed by atoms with E-state index in [-0.39, 0.29) is 32.3 Å². The lowest BCUT2D eigenvalue weighted by Crippen LogP contribution is -2.19. The second-order valence-electron chi connectivity index (χ2n) is 3.70. The minimum absolute atomic E-state index is 0.0362. The van der Waals surface area contributed by atoms with Crippen LogP contribution in [0.25, 0.3) is 0 Å². The predicted molar refractivity (Wildman–Crippen MR) is 69.0 cm³/mol. The monoisotopic (exact) mass is 281 g/mol. The summed E-state index contributed by atoms with van der Waals surface area (Å²) < 4.78 is 1.45. The molecule has 0 bridgehead atoms. The third kappa shape index (κ3) is 2.30. The number of nitrogens with zero attached hydrogens (tertiary/aromatic N) is 2. The molecule has 1 heterocycles. The number of aryl methyl sites for hydroxylation is 1. The molecule has 92 valence electrons. The van der Waals surface area contributed by atoms with E-state index < -0.39 is 0 Å². The summed E-state index contributed by atoms with van der Waals surface area (Å²) in [7, 11) is 1.67. The van der Waals surface area contributed by atoms with Crippen LogP contribution in [0.3, 0.4) is 0 Å². The highest BCUT2D eigenvalue weighted by Crippen LogP contribution is 2.25. The molecule has 0 saturated heterocycles. The number of carbonyl (C=O) groups excluding carboxylic acids is 1. The highest BCUT2D eigenvalue weighted by atomic mass is 35.5. The fourth-order valence-electron chi connectivity index (χ4n) is 1.54. The molecule has 0 aliphatic heterocycles. The first-order chi connectivity index (χ1) is 8.50. The summed E-state index contributed by atoms with van der Waals surface area (Å²) in [5.74, 6) is -0.381. The van der Waals surface area contributed by atoms with Crippen LogP contribution in [0.1, 0.15) is 15.9 Å². The third-order valence-corrected chi connectivity index (χ3v) is 3.04. The van der Waals surface area contributed by atoms with Crippen molar-refractivity contribution in [2.45, 2.75) is 0 Å². The number of rotatable bonds is 2. The molecule has 0 amide bonds. The highest BCUT2D eigenvalue weighted by Gasteiger charge is 2.18. The molecule has 0 spiro atoms. The Morgan fingerprint density at radius 3 is 2.56 bits per heavy atom. The highest BCUT2D eigenvalue weighted by molar-refractivity contribution is 6.40. The van der Waals surface area contributed by atoms with Crippen molar-refractivity contribution in [2.75, 3.05) is 0 Å². The van der Waals surface area contributed by atoms with E-state index in [1.807, 2.05) is 0 Å². The van der Waals surface area contributed by atoms with Crippen LogP contribution in [0.15, 0.2) is 30.6 Å². The Hall–Kier alpha value is -1.65. The van der Waals surface area contributed by atoms with Crippen molar-refractivity contribution in [2.24, 2.45) is 7.05 Å². The molecule has 0 radical (unpaired) electrons. The summed E-state index contributed by atoms with van der Waals surface area (Å²) in [5, 5.41) is 12.2. The van der Waals surface area contributed by atoms with Gasteiger partial charge in [0, 0.05) is 13.2 Å². The fourth-order valence-corrected chi connectivity index (χ4v) is 2.11. The van der Waals surface area contributed by atoms with Gasteiger partial charge in [-0.25, -0.2) is 0 Å². The lowest BCUT2D eigenvalue weighted by Gasteiger charge is -2.07. The Kier molecular flexibility index (Phi) is 3.50. The number of nitrogens with one attached hydrogen (secondary N) is 1. The van der Waals surface area contributed by atoms with Gasteiger partial charge in [0.05, 0.1) is 32.7 Å². The summed E-state index contributed by atoms with van der Waals surface area (Å²) in [6.45, 7) is 0. The van der Waals surface area contributed by atoms with Gasteiger partial charge in [0.25, 0.3) is 0 Å². The summed E-state index contributed by atoms with van der Waals surface area (Å²) in [5.41, 5.74) is 0.419. The zero-order valence-electron chi connectivity index (χ0n) is 9.45. The van der Waals surface area contributed by atoms with Crippen molar-refractivity contribution in [1.29, 1.82) is 5.41 Å². The number of halogens is 2. The van der Waals surface area contributed by atoms with Crippen LogP contribution < -0.4 is 5.36 Å². The van der Waals surface area contributed by atoms with Gasteiger partial charge in [0.1, 0.15) is 0 Å². The largest absolute Gasteiger partial charge is 0.298 e. The smallest absolute Gasteiger partial charge is 0.199 e. The van der Waals surface area contributed by atoms with Gasteiger partial charge in [0.15, 0.2) is 5.78 Å². The molecule has 1 aromatic heterocycles. The molecule has 18 heavy (non-hydrogen) atoms. The Balaban J connectivity index is 2.62. The Bertz CT molecular complexity index is 659. The van der Waals surface area contributed by atoms with Crippen LogP contribution >= 0.6 is 23.2 Å². The van der Waals surface area contributed by atoms with Crippen LogP contribution in [-0.4, -0.2) is 15.6 Å². The summed E-state index contributed by atoms with van der Waals surface area (Å²) >= 11 is 12.0. The van der Waals surface area contributed by atoms with Crippen molar-refractivity contribution >= 4 is 29.0 Å². The average Bonchev–Trinajstić information content (AvgIpc) is 2.32. The van der Waals surface area contributed by atoms with Crippen LogP contribution in [0.5, 0.6) is 0 Å². The van der Waals surface area contributed by atoms with E-state index in [0.29, 0.717) is 0 Å². The maximum Gasteiger partial charge on any atom is 0.199 e. The number of benzene rings is 1. The Morgan fingerprint density at radius 1 is 1.33 bits per heavy atom. The van der Waals surface area contributed by atoms with Crippen LogP contribution in [0, 0.1) is 5.41 Å². The van der Waals surface area contributed by atoms with Gasteiger partial charge in [-0.2, -0.15) is 5.10 Å². The van der Waals surface area contributed by atoms with Crippen molar-refractivity contribution in [3.8, 4) is 0 Å². The van der Waals surface area contributed by atoms with E-state index in [9.17, 15) is 4.79 Å². The standard InChI is InChI=1S/C12H9Cl2N3O/c1-17-6-7(10(15)5-16-17)12(18)11-8(13)3-2-4-9(11)14/h2-6,15H,1H3. The molecule has 2 rings (SSSR count). The lowest BCUT2D eigenvalue weighted by molar-refractivity contribution is 0.103. The maximum absolute atomic E-state index is 12.3. The summed E-state index contributed by atoms with van der Waals surface area (Å²) in [6.07, 6.45) is 2.78. The van der Waals surface area contributed by atoms with Crippen LogP contribution in [-0.2, 0) is 7.05 Å². The van der Waals surface area contributed by atoms with E-state index in [2.05, 4.69) is 5.10 Å². The quantitative estimate of drug-likeness (QED) is 0.860. The minimum atomic E-state index is -0.381. The topological polar surface area (TPSA) is 58.7 Å². The van der Waals surface area contributed by atoms with Gasteiger partial charge in [-0.15, -0.1) is 0 Å². The minimum Gasteiger partial charge on any atom is -0.298 e. The van der Waals surface area contributed by atoms with E-state index >= 15 is 0 Å². The zero-order valence-corrected chi connectivity index (χ0v) is 11.0. The van der Waals surface area contributed by atoms with Gasteiger partial charge >= 0.3 is 0 Å². The molecule has 2 aromatic rings. The van der Waals surface area contributed by atoms with E-state index in [1.165, 1.54) is 17.1 Å². The van der Waals surface area contributed by atoms with Gasteiger partial charge in [-0.3, -0.25) is 14.9 Å². The van der Waals surface area contributed by atoms with Crippen LogP contribution in [0.2, 0.25) is 10.0 Å². The number of hydrogen-bond donors (Lipinski definition) is 1. The molecule has 1 aromatic carbocycles.